The largest absolute Gasteiger partial charge is 0.496 e. The van der Waals surface area contributed by atoms with Crippen LogP contribution in [0.25, 0.3) is 11.3 Å². The van der Waals surface area contributed by atoms with Crippen molar-refractivity contribution in [2.24, 2.45) is 0 Å². The number of nitrogens with zero attached hydrogens (tertiary/aromatic N) is 1. The molecule has 0 atom stereocenters. The Balaban J connectivity index is 2.55. The van der Waals surface area contributed by atoms with E-state index in [4.69, 9.17) is 25.9 Å². The average molecular weight is 240 g/mol. The molecule has 1 N–H and O–H groups in total. The van der Waals surface area contributed by atoms with Crippen LogP contribution in [0.3, 0.4) is 0 Å². The third-order valence-electron chi connectivity index (χ3n) is 2.20. The monoisotopic (exact) mass is 239 g/mol. The summed E-state index contributed by atoms with van der Waals surface area (Å²) in [7, 11) is 1.55. The van der Waals surface area contributed by atoms with Crippen LogP contribution in [0, 0.1) is 0 Å². The van der Waals surface area contributed by atoms with Crippen molar-refractivity contribution in [1.82, 2.24) is 4.98 Å². The van der Waals surface area contributed by atoms with Gasteiger partial charge in [-0.3, -0.25) is 0 Å². The Kier molecular flexibility index (Phi) is 3.12. The van der Waals surface area contributed by atoms with E-state index in [0.717, 1.165) is 0 Å². The van der Waals surface area contributed by atoms with Crippen molar-refractivity contribution in [3.63, 3.8) is 0 Å². The third-order valence-corrected chi connectivity index (χ3v) is 2.43. The van der Waals surface area contributed by atoms with E-state index in [1.807, 2.05) is 0 Å². The van der Waals surface area contributed by atoms with Gasteiger partial charge in [0.2, 0.25) is 0 Å². The molecule has 0 saturated carbocycles. The number of aliphatic hydroxyl groups excluding tert-OH is 1. The summed E-state index contributed by atoms with van der Waals surface area (Å²) in [6.45, 7) is -0.183. The first-order chi connectivity index (χ1) is 7.76. The lowest BCUT2D eigenvalue weighted by Crippen LogP contribution is -1.91. The number of aliphatic hydroxyl groups is 1. The Morgan fingerprint density at radius 2 is 2.31 bits per heavy atom. The highest BCUT2D eigenvalue weighted by molar-refractivity contribution is 6.30. The smallest absolute Gasteiger partial charge is 0.181 e. The summed E-state index contributed by atoms with van der Waals surface area (Å²) in [6, 6.07) is 5.17. The molecule has 0 aliphatic rings. The van der Waals surface area contributed by atoms with Crippen molar-refractivity contribution >= 4 is 11.6 Å². The summed E-state index contributed by atoms with van der Waals surface area (Å²) < 4.78 is 10.4. The summed E-state index contributed by atoms with van der Waals surface area (Å²) in [4.78, 5) is 3.90. The van der Waals surface area contributed by atoms with E-state index in [2.05, 4.69) is 4.98 Å². The van der Waals surface area contributed by atoms with E-state index >= 15 is 0 Å². The molecule has 0 unspecified atom stereocenters. The van der Waals surface area contributed by atoms with Crippen LogP contribution < -0.4 is 4.74 Å². The van der Waals surface area contributed by atoms with Gasteiger partial charge >= 0.3 is 0 Å². The number of rotatable bonds is 3. The second-order valence-electron chi connectivity index (χ2n) is 3.13. The number of hydrogen-bond acceptors (Lipinski definition) is 4. The maximum absolute atomic E-state index is 9.10. The average Bonchev–Trinajstić information content (AvgIpc) is 2.76. The van der Waals surface area contributed by atoms with Crippen molar-refractivity contribution in [3.05, 3.63) is 35.3 Å². The Labute approximate surface area is 97.4 Å². The van der Waals surface area contributed by atoms with Crippen molar-refractivity contribution in [2.45, 2.75) is 6.61 Å². The minimum atomic E-state index is -0.183. The molecule has 84 valence electrons. The molecule has 1 aromatic heterocycles. The lowest BCUT2D eigenvalue weighted by molar-refractivity contribution is 0.277. The molecule has 0 spiro atoms. The van der Waals surface area contributed by atoms with E-state index in [1.165, 1.54) is 6.39 Å². The van der Waals surface area contributed by atoms with E-state index in [9.17, 15) is 0 Å². The lowest BCUT2D eigenvalue weighted by atomic mass is 10.1. The molecule has 0 aliphatic carbocycles. The van der Waals surface area contributed by atoms with Gasteiger partial charge in [0.1, 0.15) is 11.4 Å². The molecule has 5 heteroatoms. The molecule has 0 bridgehead atoms. The number of aromatic nitrogens is 1. The highest BCUT2D eigenvalue weighted by Gasteiger charge is 2.14. The molecule has 0 aliphatic heterocycles. The lowest BCUT2D eigenvalue weighted by Gasteiger charge is -2.07. The quantitative estimate of drug-likeness (QED) is 0.894. The summed E-state index contributed by atoms with van der Waals surface area (Å²) in [6.07, 6.45) is 1.29. The first-order valence-electron chi connectivity index (χ1n) is 4.63. The van der Waals surface area contributed by atoms with Crippen LogP contribution in [0.1, 0.15) is 5.69 Å². The number of ether oxygens (including phenoxy) is 1. The highest BCUT2D eigenvalue weighted by Crippen LogP contribution is 2.34. The molecule has 16 heavy (non-hydrogen) atoms. The van der Waals surface area contributed by atoms with Crippen LogP contribution in [0.4, 0.5) is 0 Å². The van der Waals surface area contributed by atoms with Crippen molar-refractivity contribution < 1.29 is 14.3 Å². The second-order valence-corrected chi connectivity index (χ2v) is 3.57. The maximum atomic E-state index is 9.10. The number of benzene rings is 1. The zero-order valence-electron chi connectivity index (χ0n) is 8.61. The molecule has 0 amide bonds. The van der Waals surface area contributed by atoms with Gasteiger partial charge in [-0.15, -0.1) is 0 Å². The van der Waals surface area contributed by atoms with Crippen LogP contribution in [-0.4, -0.2) is 17.2 Å². The third kappa shape index (κ3) is 1.89. The van der Waals surface area contributed by atoms with Gasteiger partial charge in [-0.1, -0.05) is 11.6 Å². The molecule has 2 rings (SSSR count). The van der Waals surface area contributed by atoms with E-state index < -0.39 is 0 Å². The van der Waals surface area contributed by atoms with Crippen molar-refractivity contribution in [2.75, 3.05) is 7.11 Å². The van der Waals surface area contributed by atoms with Gasteiger partial charge in [0, 0.05) is 5.02 Å². The fourth-order valence-electron chi connectivity index (χ4n) is 1.45. The van der Waals surface area contributed by atoms with Crippen molar-refractivity contribution in [1.29, 1.82) is 0 Å². The number of oxazole rings is 1. The fourth-order valence-corrected chi connectivity index (χ4v) is 1.62. The minimum Gasteiger partial charge on any atom is -0.496 e. The number of halogens is 1. The van der Waals surface area contributed by atoms with Gasteiger partial charge in [0.15, 0.2) is 12.2 Å². The van der Waals surface area contributed by atoms with Crippen LogP contribution in [0.15, 0.2) is 29.0 Å². The van der Waals surface area contributed by atoms with Crippen molar-refractivity contribution in [3.8, 4) is 17.1 Å². The van der Waals surface area contributed by atoms with E-state index in [0.29, 0.717) is 27.8 Å². The van der Waals surface area contributed by atoms with Gasteiger partial charge in [-0.2, -0.15) is 0 Å². The SMILES string of the molecule is COc1cc(Cl)ccc1-c1ocnc1CO. The molecule has 2 aromatic rings. The van der Waals surface area contributed by atoms with Crippen LogP contribution in [0.2, 0.25) is 5.02 Å². The van der Waals surface area contributed by atoms with E-state index in [1.54, 1.807) is 25.3 Å². The Bertz CT molecular complexity index is 496. The zero-order chi connectivity index (χ0) is 11.5. The number of methoxy groups -OCH3 is 1. The Hall–Kier alpha value is -1.52. The molecular formula is C11H10ClNO3. The maximum Gasteiger partial charge on any atom is 0.181 e. The molecule has 0 saturated heterocycles. The molecular weight excluding hydrogens is 230 g/mol. The van der Waals surface area contributed by atoms with Crippen LogP contribution >= 0.6 is 11.6 Å². The standard InChI is InChI=1S/C11H10ClNO3/c1-15-10-4-7(12)2-3-8(10)11-9(5-14)13-6-16-11/h2-4,6,14H,5H2,1H3. The van der Waals surface area contributed by atoms with Crippen LogP contribution in [0.5, 0.6) is 5.75 Å². The second kappa shape index (κ2) is 4.55. The fraction of sp³-hybridized carbons (Fsp3) is 0.182. The molecule has 1 aromatic carbocycles. The topological polar surface area (TPSA) is 55.5 Å². The van der Waals surface area contributed by atoms with Gasteiger partial charge in [0.25, 0.3) is 0 Å². The first kappa shape index (κ1) is 11.0. The van der Waals surface area contributed by atoms with Crippen LogP contribution in [-0.2, 0) is 6.61 Å². The zero-order valence-corrected chi connectivity index (χ0v) is 9.36. The van der Waals surface area contributed by atoms with Gasteiger partial charge in [-0.25, -0.2) is 4.98 Å². The summed E-state index contributed by atoms with van der Waals surface area (Å²) >= 11 is 5.86. The molecule has 0 radical (unpaired) electrons. The predicted molar refractivity (Wildman–Crippen MR) is 59.4 cm³/mol. The first-order valence-corrected chi connectivity index (χ1v) is 5.01. The van der Waals surface area contributed by atoms with Gasteiger partial charge in [-0.05, 0) is 18.2 Å². The van der Waals surface area contributed by atoms with Gasteiger partial charge in [0.05, 0.1) is 19.3 Å². The number of hydrogen-bond donors (Lipinski definition) is 1. The molecule has 0 fully saturated rings. The Morgan fingerprint density at radius 1 is 1.50 bits per heavy atom. The Morgan fingerprint density at radius 3 is 3.00 bits per heavy atom. The normalized spacial score (nSPS) is 10.4. The minimum absolute atomic E-state index is 0.183. The summed E-state index contributed by atoms with van der Waals surface area (Å²) in [5.41, 5.74) is 1.19. The predicted octanol–water partition coefficient (Wildman–Crippen LogP) is 2.50. The summed E-state index contributed by atoms with van der Waals surface area (Å²) in [5, 5.41) is 9.67. The molecule has 1 heterocycles. The summed E-state index contributed by atoms with van der Waals surface area (Å²) in [5.74, 6) is 1.08. The highest BCUT2D eigenvalue weighted by atomic mass is 35.5. The van der Waals surface area contributed by atoms with E-state index in [-0.39, 0.29) is 6.61 Å². The molecule has 4 nitrogen and oxygen atoms in total. The van der Waals surface area contributed by atoms with Gasteiger partial charge < -0.3 is 14.3 Å².